The molecule has 7 heteroatoms. The number of hydrogen-bond donors (Lipinski definition) is 2. The van der Waals surface area contributed by atoms with Gasteiger partial charge in [-0.1, -0.05) is 0 Å². The lowest BCUT2D eigenvalue weighted by molar-refractivity contribution is 0.0288. The molecule has 2 fully saturated rings. The molecule has 0 unspecified atom stereocenters. The van der Waals surface area contributed by atoms with Crippen molar-refractivity contribution in [2.24, 2.45) is 11.8 Å². The number of H-pyrrole nitrogens is 2. The van der Waals surface area contributed by atoms with E-state index in [4.69, 9.17) is 17.0 Å². The molecule has 1 aromatic carbocycles. The fraction of sp³-hybridized carbons (Fsp3) is 0.556. The number of nitrogens with zero attached hydrogens (tertiary/aromatic N) is 1. The summed E-state index contributed by atoms with van der Waals surface area (Å²) in [6.07, 6.45) is 4.28. The number of benzene rings is 1. The molecule has 5 nitrogen and oxygen atoms in total. The van der Waals surface area contributed by atoms with E-state index in [1.807, 2.05) is 4.90 Å². The van der Waals surface area contributed by atoms with Crippen molar-refractivity contribution in [3.8, 4) is 0 Å². The van der Waals surface area contributed by atoms with Crippen LogP contribution in [-0.4, -0.2) is 47.1 Å². The van der Waals surface area contributed by atoms with Gasteiger partial charge < -0.3 is 19.6 Å². The lowest BCUT2D eigenvalue weighted by Crippen LogP contribution is -2.41. The van der Waals surface area contributed by atoms with E-state index in [2.05, 4.69) is 9.97 Å². The van der Waals surface area contributed by atoms with Gasteiger partial charge in [0.05, 0.1) is 16.6 Å². The van der Waals surface area contributed by atoms with E-state index in [1.54, 1.807) is 0 Å². The van der Waals surface area contributed by atoms with E-state index in [0.29, 0.717) is 33.2 Å². The molecule has 134 valence electrons. The first-order valence-electron chi connectivity index (χ1n) is 8.90. The second-order valence-electron chi connectivity index (χ2n) is 7.03. The molecule has 4 rings (SSSR count). The zero-order valence-corrected chi connectivity index (χ0v) is 14.8. The summed E-state index contributed by atoms with van der Waals surface area (Å²) in [6, 6.07) is 2.66. The number of rotatable bonds is 2. The van der Waals surface area contributed by atoms with Crippen molar-refractivity contribution >= 4 is 29.2 Å². The van der Waals surface area contributed by atoms with E-state index < -0.39 is 5.82 Å². The van der Waals surface area contributed by atoms with Crippen LogP contribution in [0.15, 0.2) is 12.1 Å². The number of carbonyl (C=O) groups is 1. The molecule has 2 aliphatic rings. The number of ether oxygens (including phenoxy) is 1. The maximum Gasteiger partial charge on any atom is 0.256 e. The quantitative estimate of drug-likeness (QED) is 0.801. The van der Waals surface area contributed by atoms with Gasteiger partial charge in [-0.2, -0.15) is 0 Å². The zero-order chi connectivity index (χ0) is 17.4. The number of hydrogen-bond acceptors (Lipinski definition) is 3. The lowest BCUT2D eigenvalue weighted by Gasteiger charge is -2.37. The summed E-state index contributed by atoms with van der Waals surface area (Å²) < 4.78 is 19.7. The van der Waals surface area contributed by atoms with Crippen LogP contribution >= 0.6 is 12.2 Å². The summed E-state index contributed by atoms with van der Waals surface area (Å²) in [4.78, 5) is 20.6. The number of amides is 1. The molecule has 0 atom stereocenters. The Balaban J connectivity index is 1.50. The smallest absolute Gasteiger partial charge is 0.256 e. The van der Waals surface area contributed by atoms with Gasteiger partial charge in [-0.3, -0.25) is 4.79 Å². The maximum atomic E-state index is 13.9. The molecule has 0 aliphatic carbocycles. The zero-order valence-electron chi connectivity index (χ0n) is 14.0. The molecule has 2 aliphatic heterocycles. The fourth-order valence-electron chi connectivity index (χ4n) is 4.21. The summed E-state index contributed by atoms with van der Waals surface area (Å²) in [5.41, 5.74) is 1.47. The van der Waals surface area contributed by atoms with Crippen molar-refractivity contribution in [2.45, 2.75) is 25.7 Å². The summed E-state index contributed by atoms with van der Waals surface area (Å²) in [6.45, 7) is 3.17. The van der Waals surface area contributed by atoms with Gasteiger partial charge in [0.25, 0.3) is 5.91 Å². The van der Waals surface area contributed by atoms with Gasteiger partial charge in [0.1, 0.15) is 5.82 Å². The number of imidazole rings is 1. The number of fused-ring (bicyclic) bond motifs is 1. The van der Waals surface area contributed by atoms with Crippen LogP contribution in [0.1, 0.15) is 36.0 Å². The Morgan fingerprint density at radius 2 is 1.80 bits per heavy atom. The van der Waals surface area contributed by atoms with Crippen LogP contribution in [0.4, 0.5) is 4.39 Å². The van der Waals surface area contributed by atoms with E-state index in [9.17, 15) is 9.18 Å². The molecular weight excluding hydrogens is 341 g/mol. The van der Waals surface area contributed by atoms with Crippen molar-refractivity contribution < 1.29 is 13.9 Å². The van der Waals surface area contributed by atoms with E-state index >= 15 is 0 Å². The lowest BCUT2D eigenvalue weighted by atomic mass is 9.80. The summed E-state index contributed by atoms with van der Waals surface area (Å²) in [5.74, 6) is 0.824. The Morgan fingerprint density at radius 1 is 1.12 bits per heavy atom. The van der Waals surface area contributed by atoms with Gasteiger partial charge in [-0.15, -0.1) is 0 Å². The molecule has 0 spiro atoms. The summed E-state index contributed by atoms with van der Waals surface area (Å²) in [5, 5.41) is 0. The highest BCUT2D eigenvalue weighted by atomic mass is 32.1. The van der Waals surface area contributed by atoms with Crippen molar-refractivity contribution in [3.05, 3.63) is 28.3 Å². The van der Waals surface area contributed by atoms with Crippen molar-refractivity contribution in [1.82, 2.24) is 14.9 Å². The molecule has 2 aromatic rings. The van der Waals surface area contributed by atoms with Gasteiger partial charge in [0.2, 0.25) is 0 Å². The molecule has 0 bridgehead atoms. The molecule has 25 heavy (non-hydrogen) atoms. The molecular formula is C18H22FN3O2S. The maximum absolute atomic E-state index is 13.9. The minimum absolute atomic E-state index is 0.125. The average Bonchev–Trinajstić information content (AvgIpc) is 3.01. The second-order valence-corrected chi connectivity index (χ2v) is 7.44. The predicted octanol–water partition coefficient (Wildman–Crippen LogP) is 3.64. The monoisotopic (exact) mass is 363 g/mol. The van der Waals surface area contributed by atoms with Gasteiger partial charge in [-0.25, -0.2) is 4.39 Å². The van der Waals surface area contributed by atoms with E-state index in [0.717, 1.165) is 52.0 Å². The van der Waals surface area contributed by atoms with E-state index in [1.165, 1.54) is 12.1 Å². The third-order valence-electron chi connectivity index (χ3n) is 5.58. The predicted molar refractivity (Wildman–Crippen MR) is 95.6 cm³/mol. The van der Waals surface area contributed by atoms with E-state index in [-0.39, 0.29) is 5.91 Å². The van der Waals surface area contributed by atoms with Gasteiger partial charge in [0, 0.05) is 26.3 Å². The number of aromatic nitrogens is 2. The molecule has 2 N–H and O–H groups in total. The van der Waals surface area contributed by atoms with Crippen LogP contribution in [0.5, 0.6) is 0 Å². The van der Waals surface area contributed by atoms with Crippen LogP contribution in [0.3, 0.4) is 0 Å². The molecule has 2 saturated heterocycles. The second kappa shape index (κ2) is 6.88. The SMILES string of the molecule is O=C(c1cc(F)cc2[nH]c(=S)[nH]c12)N1CCC(C2CCOCC2)CC1. The third kappa shape index (κ3) is 3.35. The van der Waals surface area contributed by atoms with Crippen LogP contribution in [-0.2, 0) is 4.74 Å². The highest BCUT2D eigenvalue weighted by Gasteiger charge is 2.30. The summed E-state index contributed by atoms with van der Waals surface area (Å²) >= 11 is 5.08. The third-order valence-corrected chi connectivity index (χ3v) is 5.78. The number of carbonyl (C=O) groups excluding carboxylic acids is 1. The Labute approximate surface area is 150 Å². The minimum atomic E-state index is -0.432. The highest BCUT2D eigenvalue weighted by molar-refractivity contribution is 7.71. The van der Waals surface area contributed by atoms with Crippen LogP contribution < -0.4 is 0 Å². The molecule has 1 amide bonds. The normalized spacial score (nSPS) is 20.3. The summed E-state index contributed by atoms with van der Waals surface area (Å²) in [7, 11) is 0. The van der Waals surface area contributed by atoms with Gasteiger partial charge >= 0.3 is 0 Å². The topological polar surface area (TPSA) is 61.1 Å². The molecule has 0 radical (unpaired) electrons. The number of halogens is 1. The van der Waals surface area contributed by atoms with Gasteiger partial charge in [0.15, 0.2) is 4.77 Å². The first-order valence-corrected chi connectivity index (χ1v) is 9.31. The molecule has 0 saturated carbocycles. The van der Waals surface area contributed by atoms with Crippen LogP contribution in [0, 0.1) is 22.4 Å². The average molecular weight is 363 g/mol. The largest absolute Gasteiger partial charge is 0.381 e. The van der Waals surface area contributed by atoms with Crippen molar-refractivity contribution in [3.63, 3.8) is 0 Å². The number of aromatic amines is 2. The first kappa shape index (κ1) is 16.7. The molecule has 3 heterocycles. The fourth-order valence-corrected chi connectivity index (χ4v) is 4.42. The van der Waals surface area contributed by atoms with Crippen LogP contribution in [0.2, 0.25) is 0 Å². The van der Waals surface area contributed by atoms with Crippen LogP contribution in [0.25, 0.3) is 11.0 Å². The van der Waals surface area contributed by atoms with Crippen molar-refractivity contribution in [1.29, 1.82) is 0 Å². The number of likely N-dealkylation sites (tertiary alicyclic amines) is 1. The highest BCUT2D eigenvalue weighted by Crippen LogP contribution is 2.32. The standard InChI is InChI=1S/C18H22FN3O2S/c19-13-9-14(16-15(10-13)20-18(25)21-16)17(23)22-5-1-11(2-6-22)12-3-7-24-8-4-12/h9-12H,1-8H2,(H2,20,21,25). The Bertz CT molecular complexity index is 832. The molecule has 1 aromatic heterocycles. The Kier molecular flexibility index (Phi) is 4.60. The Hall–Kier alpha value is -1.73. The Morgan fingerprint density at radius 3 is 2.52 bits per heavy atom. The number of piperidine rings is 1. The van der Waals surface area contributed by atoms with Crippen molar-refractivity contribution in [2.75, 3.05) is 26.3 Å². The number of nitrogens with one attached hydrogen (secondary N) is 2. The minimum Gasteiger partial charge on any atom is -0.381 e. The van der Waals surface area contributed by atoms with Gasteiger partial charge in [-0.05, 0) is 61.9 Å². The first-order chi connectivity index (χ1) is 12.1.